The summed E-state index contributed by atoms with van der Waals surface area (Å²) in [5.74, 6) is -2.03. The summed E-state index contributed by atoms with van der Waals surface area (Å²) in [6, 6.07) is 7.70. The molecule has 104 valence electrons. The SMILES string of the molecule is N#Cc1ccc(S(=O)(=O)NCc2ccc(F)c(F)c2)s1. The lowest BCUT2D eigenvalue weighted by atomic mass is 10.2. The molecule has 1 aromatic heterocycles. The first-order valence-corrected chi connectivity index (χ1v) is 7.66. The van der Waals surface area contributed by atoms with Crippen molar-refractivity contribution >= 4 is 21.4 Å². The number of hydrogen-bond acceptors (Lipinski definition) is 4. The maximum atomic E-state index is 13.0. The van der Waals surface area contributed by atoms with Crippen LogP contribution in [0.5, 0.6) is 0 Å². The second-order valence-corrected chi connectivity index (χ2v) is 6.88. The molecule has 0 radical (unpaired) electrons. The molecule has 0 aliphatic heterocycles. The van der Waals surface area contributed by atoms with Crippen molar-refractivity contribution in [1.29, 1.82) is 5.26 Å². The van der Waals surface area contributed by atoms with Gasteiger partial charge in [0.2, 0.25) is 10.0 Å². The first kappa shape index (κ1) is 14.6. The molecule has 0 saturated heterocycles. The van der Waals surface area contributed by atoms with Crippen molar-refractivity contribution in [3.05, 3.63) is 52.4 Å². The molecule has 8 heteroatoms. The predicted octanol–water partition coefficient (Wildman–Crippen LogP) is 2.38. The topological polar surface area (TPSA) is 70.0 Å². The minimum absolute atomic E-state index is 0.00312. The van der Waals surface area contributed by atoms with Crippen LogP contribution in [-0.4, -0.2) is 8.42 Å². The van der Waals surface area contributed by atoms with Crippen LogP contribution in [0.15, 0.2) is 34.5 Å². The quantitative estimate of drug-likeness (QED) is 0.942. The second-order valence-electron chi connectivity index (χ2n) is 3.80. The number of nitrogens with one attached hydrogen (secondary N) is 1. The first-order chi connectivity index (χ1) is 9.42. The molecule has 1 heterocycles. The van der Waals surface area contributed by atoms with E-state index in [1.807, 2.05) is 6.07 Å². The summed E-state index contributed by atoms with van der Waals surface area (Å²) < 4.78 is 51.8. The molecular formula is C12H8F2N2O2S2. The minimum atomic E-state index is -3.77. The Morgan fingerprint density at radius 2 is 1.95 bits per heavy atom. The molecule has 2 rings (SSSR count). The monoisotopic (exact) mass is 314 g/mol. The summed E-state index contributed by atoms with van der Waals surface area (Å²) in [5, 5.41) is 8.65. The van der Waals surface area contributed by atoms with Gasteiger partial charge in [0.1, 0.15) is 15.2 Å². The Bertz CT molecular complexity index is 779. The van der Waals surface area contributed by atoms with Crippen molar-refractivity contribution in [3.8, 4) is 6.07 Å². The Morgan fingerprint density at radius 1 is 1.20 bits per heavy atom. The summed E-state index contributed by atoms with van der Waals surface area (Å²) in [7, 11) is -3.77. The number of rotatable bonds is 4. The van der Waals surface area contributed by atoms with E-state index in [4.69, 9.17) is 5.26 Å². The lowest BCUT2D eigenvalue weighted by molar-refractivity contribution is 0.506. The fourth-order valence-corrected chi connectivity index (χ4v) is 3.59. The molecule has 2 aromatic rings. The van der Waals surface area contributed by atoms with Gasteiger partial charge in [-0.05, 0) is 29.8 Å². The standard InChI is InChI=1S/C12H8F2N2O2S2/c13-10-3-1-8(5-11(10)14)7-16-20(17,18)12-4-2-9(6-15)19-12/h1-5,16H,7H2. The fraction of sp³-hybridized carbons (Fsp3) is 0.0833. The summed E-state index contributed by atoms with van der Waals surface area (Å²) in [5.41, 5.74) is 0.296. The van der Waals surface area contributed by atoms with E-state index in [0.717, 1.165) is 23.5 Å². The van der Waals surface area contributed by atoms with Crippen molar-refractivity contribution < 1.29 is 17.2 Å². The van der Waals surface area contributed by atoms with E-state index in [0.29, 0.717) is 5.56 Å². The molecule has 4 nitrogen and oxygen atoms in total. The molecule has 1 aromatic carbocycles. The van der Waals surface area contributed by atoms with Gasteiger partial charge in [0, 0.05) is 6.54 Å². The van der Waals surface area contributed by atoms with Gasteiger partial charge in [0.15, 0.2) is 11.6 Å². The van der Waals surface area contributed by atoms with E-state index in [2.05, 4.69) is 4.72 Å². The molecule has 0 amide bonds. The van der Waals surface area contributed by atoms with Crippen LogP contribution < -0.4 is 4.72 Å². The Balaban J connectivity index is 2.13. The highest BCUT2D eigenvalue weighted by Crippen LogP contribution is 2.20. The molecule has 0 saturated carbocycles. The fourth-order valence-electron chi connectivity index (χ4n) is 1.42. The number of benzene rings is 1. The zero-order valence-electron chi connectivity index (χ0n) is 9.93. The summed E-state index contributed by atoms with van der Waals surface area (Å²) in [6.45, 7) is -0.167. The Morgan fingerprint density at radius 3 is 2.55 bits per heavy atom. The van der Waals surface area contributed by atoms with Gasteiger partial charge < -0.3 is 0 Å². The van der Waals surface area contributed by atoms with E-state index in [9.17, 15) is 17.2 Å². The third-order valence-electron chi connectivity index (χ3n) is 2.41. The number of thiophene rings is 1. The van der Waals surface area contributed by atoms with Gasteiger partial charge in [-0.15, -0.1) is 11.3 Å². The van der Waals surface area contributed by atoms with Crippen molar-refractivity contribution in [2.75, 3.05) is 0 Å². The summed E-state index contributed by atoms with van der Waals surface area (Å²) in [4.78, 5) is 0.276. The highest BCUT2D eigenvalue weighted by Gasteiger charge is 2.16. The molecule has 1 N–H and O–H groups in total. The van der Waals surface area contributed by atoms with Crippen LogP contribution in [0.25, 0.3) is 0 Å². The number of hydrogen-bond donors (Lipinski definition) is 1. The minimum Gasteiger partial charge on any atom is -0.206 e. The van der Waals surface area contributed by atoms with E-state index >= 15 is 0 Å². The van der Waals surface area contributed by atoms with Crippen LogP contribution in [-0.2, 0) is 16.6 Å². The van der Waals surface area contributed by atoms with E-state index in [-0.39, 0.29) is 15.6 Å². The molecule has 0 fully saturated rings. The van der Waals surface area contributed by atoms with Gasteiger partial charge in [0.25, 0.3) is 0 Å². The van der Waals surface area contributed by atoms with Crippen LogP contribution in [0.4, 0.5) is 8.78 Å². The lowest BCUT2D eigenvalue weighted by Gasteiger charge is -2.05. The van der Waals surface area contributed by atoms with Gasteiger partial charge in [0.05, 0.1) is 0 Å². The summed E-state index contributed by atoms with van der Waals surface area (Å²) in [6.07, 6.45) is 0. The highest BCUT2D eigenvalue weighted by molar-refractivity contribution is 7.91. The maximum absolute atomic E-state index is 13.0. The molecule has 0 aliphatic rings. The number of sulfonamides is 1. The average molecular weight is 314 g/mol. The van der Waals surface area contributed by atoms with Crippen molar-refractivity contribution in [2.24, 2.45) is 0 Å². The molecule has 0 unspecified atom stereocenters. The zero-order chi connectivity index (χ0) is 14.8. The normalized spacial score (nSPS) is 11.2. The van der Waals surface area contributed by atoms with E-state index < -0.39 is 21.7 Å². The molecule has 0 bridgehead atoms. The van der Waals surface area contributed by atoms with E-state index in [1.54, 1.807) is 0 Å². The molecule has 0 aliphatic carbocycles. The van der Waals surface area contributed by atoms with E-state index in [1.165, 1.54) is 18.2 Å². The van der Waals surface area contributed by atoms with Crippen LogP contribution in [0, 0.1) is 23.0 Å². The molecular weight excluding hydrogens is 306 g/mol. The van der Waals surface area contributed by atoms with Gasteiger partial charge >= 0.3 is 0 Å². The number of halogens is 2. The third kappa shape index (κ3) is 3.19. The molecule has 20 heavy (non-hydrogen) atoms. The third-order valence-corrected chi connectivity index (χ3v) is 5.29. The van der Waals surface area contributed by atoms with Crippen LogP contribution >= 0.6 is 11.3 Å². The van der Waals surface area contributed by atoms with Gasteiger partial charge in [-0.25, -0.2) is 21.9 Å². The maximum Gasteiger partial charge on any atom is 0.250 e. The molecule has 0 spiro atoms. The smallest absolute Gasteiger partial charge is 0.206 e. The Labute approximate surface area is 118 Å². The zero-order valence-corrected chi connectivity index (χ0v) is 11.6. The van der Waals surface area contributed by atoms with Gasteiger partial charge in [-0.3, -0.25) is 0 Å². The Hall–Kier alpha value is -1.82. The molecule has 0 atom stereocenters. The average Bonchev–Trinajstić information content (AvgIpc) is 2.90. The highest BCUT2D eigenvalue weighted by atomic mass is 32.2. The van der Waals surface area contributed by atoms with Crippen LogP contribution in [0.3, 0.4) is 0 Å². The van der Waals surface area contributed by atoms with Crippen LogP contribution in [0.2, 0.25) is 0 Å². The van der Waals surface area contributed by atoms with Gasteiger partial charge in [-0.2, -0.15) is 5.26 Å². The Kier molecular flexibility index (Phi) is 4.13. The van der Waals surface area contributed by atoms with Crippen molar-refractivity contribution in [3.63, 3.8) is 0 Å². The first-order valence-electron chi connectivity index (χ1n) is 5.36. The van der Waals surface area contributed by atoms with Crippen molar-refractivity contribution in [1.82, 2.24) is 4.72 Å². The second kappa shape index (κ2) is 5.66. The number of nitrogens with zero attached hydrogens (tertiary/aromatic N) is 1. The van der Waals surface area contributed by atoms with Crippen molar-refractivity contribution in [2.45, 2.75) is 10.8 Å². The van der Waals surface area contributed by atoms with Gasteiger partial charge in [-0.1, -0.05) is 6.07 Å². The summed E-state index contributed by atoms with van der Waals surface area (Å²) >= 11 is 0.835. The van der Waals surface area contributed by atoms with Crippen LogP contribution in [0.1, 0.15) is 10.4 Å². The predicted molar refractivity (Wildman–Crippen MR) is 69.4 cm³/mol. The largest absolute Gasteiger partial charge is 0.250 e. The lowest BCUT2D eigenvalue weighted by Crippen LogP contribution is -2.22. The number of nitriles is 1.